The molecule has 0 saturated heterocycles. The summed E-state index contributed by atoms with van der Waals surface area (Å²) in [5.74, 6) is -0.0837. The van der Waals surface area contributed by atoms with Crippen LogP contribution in [0.15, 0.2) is 97.2 Å². The number of nitrogens with one attached hydrogen (secondary N) is 1. The molecule has 0 aliphatic carbocycles. The Morgan fingerprint density at radius 1 is 0.362 bits per heavy atom. The predicted octanol–water partition coefficient (Wildman–Crippen LogP) is 20.1. The van der Waals surface area contributed by atoms with Gasteiger partial charge in [-0.15, -0.1) is 0 Å². The standard InChI is InChI=1S/C65H115NO3/c1-3-5-7-9-11-13-15-17-19-21-23-25-27-29-31-32-33-35-36-38-40-42-44-46-48-50-52-54-56-58-60-64(68)63(62-67)66-65(69)61-59-57-55-53-51-49-47-45-43-41-39-37-34-30-28-26-24-22-20-18-16-14-12-10-8-6-4-2/h6,8,12,14,18,20,24,26,30,34,39,41,45,47,58,60,63-64,67-68H,3-5,7,9-11,13,15-17,19,21-23,25,27-29,31-33,35-38,40,42-44,46,48-57,59,61-62H2,1-2H3,(H,66,69)/b8-6-,14-12-,20-18-,26-24-,34-30-,41-39-,47-45-,60-58+. The average Bonchev–Trinajstić information content (AvgIpc) is 3.35. The molecular weight excluding hydrogens is 843 g/mol. The zero-order valence-electron chi connectivity index (χ0n) is 45.8. The Bertz CT molecular complexity index is 1270. The van der Waals surface area contributed by atoms with E-state index in [0.717, 1.165) is 83.5 Å². The van der Waals surface area contributed by atoms with Gasteiger partial charge in [-0.25, -0.2) is 0 Å². The first-order chi connectivity index (χ1) is 34.2. The largest absolute Gasteiger partial charge is 0.394 e. The van der Waals surface area contributed by atoms with Crippen LogP contribution in [0.1, 0.15) is 290 Å². The third-order valence-electron chi connectivity index (χ3n) is 13.3. The third kappa shape index (κ3) is 56.1. The van der Waals surface area contributed by atoms with Crippen molar-refractivity contribution in [3.8, 4) is 0 Å². The maximum Gasteiger partial charge on any atom is 0.220 e. The van der Waals surface area contributed by atoms with Gasteiger partial charge in [0.15, 0.2) is 0 Å². The Balaban J connectivity index is 3.56. The van der Waals surface area contributed by atoms with Crippen molar-refractivity contribution in [1.82, 2.24) is 5.32 Å². The van der Waals surface area contributed by atoms with E-state index in [1.165, 1.54) is 186 Å². The molecule has 0 aromatic rings. The van der Waals surface area contributed by atoms with Crippen LogP contribution < -0.4 is 5.32 Å². The normalized spacial score (nSPS) is 13.5. The molecule has 0 aromatic heterocycles. The first-order valence-electron chi connectivity index (χ1n) is 30.0. The minimum atomic E-state index is -0.856. The highest BCUT2D eigenvalue weighted by Gasteiger charge is 2.18. The summed E-state index contributed by atoms with van der Waals surface area (Å²) in [6.45, 7) is 4.20. The number of amides is 1. The Morgan fingerprint density at radius 2 is 0.638 bits per heavy atom. The lowest BCUT2D eigenvalue weighted by Crippen LogP contribution is -2.45. The van der Waals surface area contributed by atoms with E-state index in [-0.39, 0.29) is 12.5 Å². The van der Waals surface area contributed by atoms with Gasteiger partial charge in [0.1, 0.15) is 0 Å². The molecule has 69 heavy (non-hydrogen) atoms. The van der Waals surface area contributed by atoms with Crippen molar-refractivity contribution in [3.05, 3.63) is 97.2 Å². The van der Waals surface area contributed by atoms with Gasteiger partial charge in [0.05, 0.1) is 18.8 Å². The summed E-state index contributed by atoms with van der Waals surface area (Å²) in [6.07, 6.45) is 88.7. The van der Waals surface area contributed by atoms with Gasteiger partial charge in [-0.2, -0.15) is 0 Å². The molecule has 0 spiro atoms. The SMILES string of the molecule is CC/C=C\C/C=C\C/C=C\C/C=C\C/C=C\C/C=C\C/C=C\CCCCCCCC(=O)NC(CO)C(O)/C=C/CCCCCCCCCCCCCCCCCCCCCCCCCCCCCC. The van der Waals surface area contributed by atoms with E-state index in [0.29, 0.717) is 6.42 Å². The van der Waals surface area contributed by atoms with E-state index in [4.69, 9.17) is 0 Å². The fourth-order valence-electron chi connectivity index (χ4n) is 8.81. The van der Waals surface area contributed by atoms with Gasteiger partial charge < -0.3 is 15.5 Å². The monoisotopic (exact) mass is 958 g/mol. The molecule has 1 amide bonds. The molecular formula is C65H115NO3. The number of carbonyl (C=O) groups is 1. The molecule has 398 valence electrons. The van der Waals surface area contributed by atoms with Crippen molar-refractivity contribution < 1.29 is 15.0 Å². The summed E-state index contributed by atoms with van der Waals surface area (Å²) >= 11 is 0. The van der Waals surface area contributed by atoms with Crippen molar-refractivity contribution in [2.75, 3.05) is 6.61 Å². The van der Waals surface area contributed by atoms with E-state index in [1.807, 2.05) is 6.08 Å². The number of hydrogen-bond acceptors (Lipinski definition) is 3. The van der Waals surface area contributed by atoms with E-state index in [2.05, 4.69) is 104 Å². The van der Waals surface area contributed by atoms with Crippen LogP contribution in [0.4, 0.5) is 0 Å². The number of unbranched alkanes of at least 4 members (excludes halogenated alkanes) is 33. The molecule has 0 bridgehead atoms. The Labute approximate surface area is 430 Å². The first kappa shape index (κ1) is 66.3. The van der Waals surface area contributed by atoms with Gasteiger partial charge in [0, 0.05) is 6.42 Å². The lowest BCUT2D eigenvalue weighted by atomic mass is 10.0. The Hall–Kier alpha value is -2.69. The second kappa shape index (κ2) is 59.6. The molecule has 2 unspecified atom stereocenters. The second-order valence-electron chi connectivity index (χ2n) is 20.0. The summed E-state index contributed by atoms with van der Waals surface area (Å²) < 4.78 is 0. The van der Waals surface area contributed by atoms with Gasteiger partial charge in [0.25, 0.3) is 0 Å². The Morgan fingerprint density at radius 3 is 0.957 bits per heavy atom. The number of aliphatic hydroxyl groups is 2. The average molecular weight is 959 g/mol. The second-order valence-corrected chi connectivity index (χ2v) is 20.0. The highest BCUT2D eigenvalue weighted by atomic mass is 16.3. The van der Waals surface area contributed by atoms with Crippen molar-refractivity contribution in [1.29, 1.82) is 0 Å². The number of rotatable bonds is 54. The summed E-state index contributed by atoms with van der Waals surface area (Å²) in [5, 5.41) is 23.2. The van der Waals surface area contributed by atoms with Gasteiger partial charge in [-0.05, 0) is 77.0 Å². The van der Waals surface area contributed by atoms with Crippen molar-refractivity contribution >= 4 is 5.91 Å². The summed E-state index contributed by atoms with van der Waals surface area (Å²) in [7, 11) is 0. The molecule has 0 radical (unpaired) electrons. The van der Waals surface area contributed by atoms with Crippen molar-refractivity contribution in [3.63, 3.8) is 0 Å². The smallest absolute Gasteiger partial charge is 0.220 e. The summed E-state index contributed by atoms with van der Waals surface area (Å²) in [5.41, 5.74) is 0. The molecule has 4 nitrogen and oxygen atoms in total. The van der Waals surface area contributed by atoms with E-state index in [1.54, 1.807) is 6.08 Å². The molecule has 0 aliphatic heterocycles. The maximum atomic E-state index is 12.5. The molecule has 4 heteroatoms. The summed E-state index contributed by atoms with van der Waals surface area (Å²) in [6, 6.07) is -0.642. The van der Waals surface area contributed by atoms with Crippen molar-refractivity contribution in [2.45, 2.75) is 302 Å². The van der Waals surface area contributed by atoms with Crippen molar-refractivity contribution in [2.24, 2.45) is 0 Å². The highest BCUT2D eigenvalue weighted by molar-refractivity contribution is 5.76. The molecule has 0 heterocycles. The van der Waals surface area contributed by atoms with E-state index < -0.39 is 12.1 Å². The molecule has 0 rings (SSSR count). The van der Waals surface area contributed by atoms with Crippen LogP contribution in [-0.4, -0.2) is 34.9 Å². The molecule has 0 aliphatic rings. The number of allylic oxidation sites excluding steroid dienone is 15. The van der Waals surface area contributed by atoms with Gasteiger partial charge in [-0.1, -0.05) is 304 Å². The number of aliphatic hydroxyl groups excluding tert-OH is 2. The maximum absolute atomic E-state index is 12.5. The van der Waals surface area contributed by atoms with Gasteiger partial charge >= 0.3 is 0 Å². The fraction of sp³-hybridized carbons (Fsp3) is 0.738. The lowest BCUT2D eigenvalue weighted by molar-refractivity contribution is -0.123. The molecule has 2 atom stereocenters. The number of hydrogen-bond donors (Lipinski definition) is 3. The lowest BCUT2D eigenvalue weighted by Gasteiger charge is -2.20. The van der Waals surface area contributed by atoms with Crippen LogP contribution in [-0.2, 0) is 4.79 Å². The van der Waals surface area contributed by atoms with Crippen LogP contribution in [0.2, 0.25) is 0 Å². The zero-order valence-corrected chi connectivity index (χ0v) is 45.8. The number of carbonyl (C=O) groups excluding carboxylic acids is 1. The quantitative estimate of drug-likeness (QED) is 0.0420. The fourth-order valence-corrected chi connectivity index (χ4v) is 8.81. The molecule has 3 N–H and O–H groups in total. The van der Waals surface area contributed by atoms with Crippen LogP contribution in [0, 0.1) is 0 Å². The minimum Gasteiger partial charge on any atom is -0.394 e. The molecule has 0 fully saturated rings. The van der Waals surface area contributed by atoms with Crippen LogP contribution in [0.5, 0.6) is 0 Å². The minimum absolute atomic E-state index is 0.0837. The van der Waals surface area contributed by atoms with Crippen LogP contribution >= 0.6 is 0 Å². The van der Waals surface area contributed by atoms with Gasteiger partial charge in [0.2, 0.25) is 5.91 Å². The van der Waals surface area contributed by atoms with E-state index >= 15 is 0 Å². The van der Waals surface area contributed by atoms with Crippen LogP contribution in [0.3, 0.4) is 0 Å². The first-order valence-corrected chi connectivity index (χ1v) is 30.0. The zero-order chi connectivity index (χ0) is 49.9. The Kier molecular flexibility index (Phi) is 57.3. The van der Waals surface area contributed by atoms with Crippen LogP contribution in [0.25, 0.3) is 0 Å². The van der Waals surface area contributed by atoms with E-state index in [9.17, 15) is 15.0 Å². The molecule has 0 aromatic carbocycles. The third-order valence-corrected chi connectivity index (χ3v) is 13.3. The topological polar surface area (TPSA) is 69.6 Å². The highest BCUT2D eigenvalue weighted by Crippen LogP contribution is 2.17. The molecule has 0 saturated carbocycles. The van der Waals surface area contributed by atoms with Gasteiger partial charge in [-0.3, -0.25) is 4.79 Å². The summed E-state index contributed by atoms with van der Waals surface area (Å²) in [4.78, 5) is 12.5. The predicted molar refractivity (Wildman–Crippen MR) is 308 cm³/mol.